The molecule has 26 heavy (non-hydrogen) atoms. The van der Waals surface area contributed by atoms with Crippen molar-refractivity contribution in [1.29, 1.82) is 0 Å². The van der Waals surface area contributed by atoms with Gasteiger partial charge in [0, 0.05) is 44.7 Å². The molecule has 2 N–H and O–H groups in total. The van der Waals surface area contributed by atoms with E-state index >= 15 is 0 Å². The molecule has 1 heterocycles. The number of likely N-dealkylation sites (tertiary alicyclic amines) is 1. The molecule has 1 fully saturated rings. The topological polar surface area (TPSA) is 39.7 Å². The lowest BCUT2D eigenvalue weighted by Gasteiger charge is -2.32. The number of aliphatic imine (C=N–C) groups is 1. The van der Waals surface area contributed by atoms with Crippen LogP contribution in [0.5, 0.6) is 0 Å². The largest absolute Gasteiger partial charge is 0.357 e. The second-order valence-corrected chi connectivity index (χ2v) is 7.04. The smallest absolute Gasteiger partial charge is 0.191 e. The Bertz CT molecular complexity index is 565. The summed E-state index contributed by atoms with van der Waals surface area (Å²) >= 11 is 0. The predicted molar refractivity (Wildman–Crippen MR) is 124 cm³/mol. The molecule has 1 aliphatic rings. The van der Waals surface area contributed by atoms with Crippen molar-refractivity contribution in [2.45, 2.75) is 45.6 Å². The van der Waals surface area contributed by atoms with Gasteiger partial charge in [-0.1, -0.05) is 42.8 Å². The van der Waals surface area contributed by atoms with Crippen LogP contribution in [0.4, 0.5) is 0 Å². The highest BCUT2D eigenvalue weighted by atomic mass is 127. The highest BCUT2D eigenvalue weighted by Gasteiger charge is 2.19. The number of rotatable bonds is 7. The third kappa shape index (κ3) is 7.66. The molecule has 0 amide bonds. The fraction of sp³-hybridized carbons (Fsp3) is 0.571. The predicted octanol–water partition coefficient (Wildman–Crippen LogP) is 3.92. The van der Waals surface area contributed by atoms with Gasteiger partial charge in [0.15, 0.2) is 5.96 Å². The van der Waals surface area contributed by atoms with Crippen molar-refractivity contribution in [3.63, 3.8) is 0 Å². The van der Waals surface area contributed by atoms with Gasteiger partial charge in [0.1, 0.15) is 0 Å². The first kappa shape index (κ1) is 23.0. The molecule has 1 aromatic carbocycles. The molecule has 1 unspecified atom stereocenters. The van der Waals surface area contributed by atoms with Crippen molar-refractivity contribution in [2.24, 2.45) is 4.99 Å². The van der Waals surface area contributed by atoms with Gasteiger partial charge in [-0.05, 0) is 32.3 Å². The van der Waals surface area contributed by atoms with E-state index in [1.54, 1.807) is 0 Å². The second kappa shape index (κ2) is 12.3. The summed E-state index contributed by atoms with van der Waals surface area (Å²) in [5.41, 5.74) is 2.67. The average Bonchev–Trinajstić information content (AvgIpc) is 2.61. The maximum Gasteiger partial charge on any atom is 0.191 e. The van der Waals surface area contributed by atoms with E-state index in [2.05, 4.69) is 67.1 Å². The molecule has 0 bridgehead atoms. The minimum absolute atomic E-state index is 0. The quantitative estimate of drug-likeness (QED) is 0.275. The van der Waals surface area contributed by atoms with Crippen LogP contribution in [-0.4, -0.2) is 49.6 Å². The number of hydrogen-bond acceptors (Lipinski definition) is 2. The Balaban J connectivity index is 0.00000338. The molecule has 0 spiro atoms. The van der Waals surface area contributed by atoms with Gasteiger partial charge in [-0.15, -0.1) is 30.6 Å². The molecular formula is C21H35IN4. The van der Waals surface area contributed by atoms with E-state index in [0.29, 0.717) is 12.0 Å². The van der Waals surface area contributed by atoms with Gasteiger partial charge in [-0.2, -0.15) is 0 Å². The zero-order valence-corrected chi connectivity index (χ0v) is 18.8. The van der Waals surface area contributed by atoms with Crippen LogP contribution >= 0.6 is 24.0 Å². The van der Waals surface area contributed by atoms with Gasteiger partial charge in [-0.25, -0.2) is 0 Å². The fourth-order valence-corrected chi connectivity index (χ4v) is 3.27. The summed E-state index contributed by atoms with van der Waals surface area (Å²) in [6, 6.07) is 9.24. The minimum atomic E-state index is 0. The molecule has 1 atom stereocenters. The number of aryl methyl sites for hydroxylation is 1. The number of guanidine groups is 1. The Labute approximate surface area is 176 Å². The van der Waals surface area contributed by atoms with E-state index < -0.39 is 0 Å². The lowest BCUT2D eigenvalue weighted by Crippen LogP contribution is -2.48. The van der Waals surface area contributed by atoms with E-state index in [9.17, 15) is 0 Å². The molecule has 146 valence electrons. The van der Waals surface area contributed by atoms with E-state index in [1.807, 2.05) is 6.08 Å². The summed E-state index contributed by atoms with van der Waals surface area (Å²) < 4.78 is 0. The van der Waals surface area contributed by atoms with Crippen LogP contribution in [0.15, 0.2) is 41.9 Å². The van der Waals surface area contributed by atoms with E-state index in [0.717, 1.165) is 51.5 Å². The molecule has 0 radical (unpaired) electrons. The van der Waals surface area contributed by atoms with Crippen LogP contribution in [0, 0.1) is 6.92 Å². The summed E-state index contributed by atoms with van der Waals surface area (Å²) in [6.07, 6.45) is 4.31. The molecule has 5 heteroatoms. The van der Waals surface area contributed by atoms with Crippen LogP contribution in [0.25, 0.3) is 0 Å². The maximum absolute atomic E-state index is 4.83. The first-order valence-corrected chi connectivity index (χ1v) is 9.57. The van der Waals surface area contributed by atoms with Crippen LogP contribution in [0.3, 0.4) is 0 Å². The molecule has 0 aromatic heterocycles. The molecule has 1 aliphatic heterocycles. The summed E-state index contributed by atoms with van der Waals surface area (Å²) in [5.74, 6) is 1.37. The average molecular weight is 470 g/mol. The lowest BCUT2D eigenvalue weighted by molar-refractivity contribution is 0.225. The molecule has 1 saturated heterocycles. The lowest BCUT2D eigenvalue weighted by atomic mass is 10.00. The van der Waals surface area contributed by atoms with Crippen molar-refractivity contribution in [3.8, 4) is 0 Å². The number of nitrogens with one attached hydrogen (secondary N) is 2. The molecular weight excluding hydrogens is 435 g/mol. The van der Waals surface area contributed by atoms with Gasteiger partial charge < -0.3 is 10.6 Å². The van der Waals surface area contributed by atoms with Gasteiger partial charge in [0.2, 0.25) is 0 Å². The highest BCUT2D eigenvalue weighted by Crippen LogP contribution is 2.16. The number of piperidine rings is 1. The molecule has 0 saturated carbocycles. The third-order valence-electron chi connectivity index (χ3n) is 4.79. The molecule has 4 nitrogen and oxygen atoms in total. The van der Waals surface area contributed by atoms with Crippen LogP contribution in [-0.2, 0) is 0 Å². The maximum atomic E-state index is 4.83. The zero-order chi connectivity index (χ0) is 18.1. The Kier molecular flexibility index (Phi) is 10.9. The first-order valence-electron chi connectivity index (χ1n) is 9.57. The van der Waals surface area contributed by atoms with Gasteiger partial charge in [0.05, 0.1) is 0 Å². The summed E-state index contributed by atoms with van der Waals surface area (Å²) in [6.45, 7) is 15.3. The number of halogens is 1. The van der Waals surface area contributed by atoms with Crippen molar-refractivity contribution in [3.05, 3.63) is 48.0 Å². The van der Waals surface area contributed by atoms with Crippen molar-refractivity contribution < 1.29 is 0 Å². The van der Waals surface area contributed by atoms with Crippen LogP contribution in [0.1, 0.15) is 43.7 Å². The number of benzene rings is 1. The van der Waals surface area contributed by atoms with Crippen molar-refractivity contribution in [1.82, 2.24) is 15.5 Å². The number of hydrogen-bond donors (Lipinski definition) is 2. The monoisotopic (exact) mass is 470 g/mol. The Morgan fingerprint density at radius 2 is 2.12 bits per heavy atom. The van der Waals surface area contributed by atoms with Gasteiger partial charge >= 0.3 is 0 Å². The fourth-order valence-electron chi connectivity index (χ4n) is 3.27. The van der Waals surface area contributed by atoms with Crippen LogP contribution < -0.4 is 10.6 Å². The highest BCUT2D eigenvalue weighted by molar-refractivity contribution is 14.0. The summed E-state index contributed by atoms with van der Waals surface area (Å²) in [5, 5.41) is 7.02. The van der Waals surface area contributed by atoms with E-state index in [1.165, 1.54) is 11.1 Å². The summed E-state index contributed by atoms with van der Waals surface area (Å²) in [4.78, 5) is 7.29. The Morgan fingerprint density at radius 1 is 1.38 bits per heavy atom. The first-order chi connectivity index (χ1) is 12.1. The standard InChI is InChI=1S/C21H34N4.HI/c1-5-12-25-13-10-20(11-14-25)24-21(22-6-2)23-16-18(4)19-9-7-8-17(3)15-19;/h5,7-9,15,18,20H,1,6,10-14,16H2,2-4H3,(H2,22,23,24);1H. The van der Waals surface area contributed by atoms with Crippen LogP contribution in [0.2, 0.25) is 0 Å². The molecule has 0 aliphatic carbocycles. The molecule has 2 rings (SSSR count). The van der Waals surface area contributed by atoms with Crippen molar-refractivity contribution >= 4 is 29.9 Å². The van der Waals surface area contributed by atoms with E-state index in [4.69, 9.17) is 4.99 Å². The van der Waals surface area contributed by atoms with E-state index in [-0.39, 0.29) is 24.0 Å². The Hall–Kier alpha value is -1.08. The Morgan fingerprint density at radius 3 is 2.73 bits per heavy atom. The zero-order valence-electron chi connectivity index (χ0n) is 16.5. The summed E-state index contributed by atoms with van der Waals surface area (Å²) in [7, 11) is 0. The second-order valence-electron chi connectivity index (χ2n) is 7.04. The normalized spacial score (nSPS) is 17.3. The molecule has 1 aromatic rings. The SMILES string of the molecule is C=CCN1CCC(NC(=NCC(C)c2cccc(C)c2)NCC)CC1.I. The number of nitrogens with zero attached hydrogens (tertiary/aromatic N) is 2. The minimum Gasteiger partial charge on any atom is -0.357 e. The van der Waals surface area contributed by atoms with Crippen molar-refractivity contribution in [2.75, 3.05) is 32.7 Å². The third-order valence-corrected chi connectivity index (χ3v) is 4.79. The van der Waals surface area contributed by atoms with Gasteiger partial charge in [-0.3, -0.25) is 9.89 Å². The van der Waals surface area contributed by atoms with Gasteiger partial charge in [0.25, 0.3) is 0 Å².